The Morgan fingerprint density at radius 1 is 1.00 bits per heavy atom. The van der Waals surface area contributed by atoms with Crippen LogP contribution < -0.4 is 5.32 Å². The van der Waals surface area contributed by atoms with Gasteiger partial charge in [0.2, 0.25) is 0 Å². The summed E-state index contributed by atoms with van der Waals surface area (Å²) >= 11 is 0. The molecule has 1 N–H and O–H groups in total. The molecule has 120 valence electrons. The zero-order chi connectivity index (χ0) is 16.7. The third kappa shape index (κ3) is 2.37. The normalized spacial score (nSPS) is 13.9. The Kier molecular flexibility index (Phi) is 3.57. The number of benzene rings is 3. The van der Waals surface area contributed by atoms with Crippen LogP contribution in [0.4, 0.5) is 4.39 Å². The molecule has 2 nitrogen and oxygen atoms in total. The molecule has 1 aliphatic rings. The van der Waals surface area contributed by atoms with Crippen molar-refractivity contribution in [2.45, 2.75) is 25.8 Å². The van der Waals surface area contributed by atoms with Gasteiger partial charge in [-0.25, -0.2) is 4.39 Å². The fraction of sp³-hybridized carbons (Fsp3) is 0.190. The van der Waals surface area contributed by atoms with Crippen molar-refractivity contribution in [2.75, 3.05) is 0 Å². The summed E-state index contributed by atoms with van der Waals surface area (Å²) in [6, 6.07) is 16.2. The molecular weight excluding hydrogens is 301 g/mol. The number of rotatable bonds is 3. The van der Waals surface area contributed by atoms with Crippen LogP contribution in [0.5, 0.6) is 0 Å². The van der Waals surface area contributed by atoms with Crippen molar-refractivity contribution in [1.82, 2.24) is 5.32 Å². The van der Waals surface area contributed by atoms with Gasteiger partial charge in [-0.1, -0.05) is 42.5 Å². The monoisotopic (exact) mass is 319 g/mol. The van der Waals surface area contributed by atoms with E-state index in [1.807, 2.05) is 24.3 Å². The van der Waals surface area contributed by atoms with Crippen molar-refractivity contribution in [3.05, 3.63) is 82.7 Å². The van der Waals surface area contributed by atoms with Gasteiger partial charge in [0, 0.05) is 11.1 Å². The van der Waals surface area contributed by atoms with Gasteiger partial charge in [-0.2, -0.15) is 0 Å². The number of nitrogens with one attached hydrogen (secondary N) is 1. The number of amides is 1. The van der Waals surface area contributed by atoms with Gasteiger partial charge >= 0.3 is 0 Å². The predicted molar refractivity (Wildman–Crippen MR) is 93.6 cm³/mol. The highest BCUT2D eigenvalue weighted by atomic mass is 19.1. The Hall–Kier alpha value is -2.68. The highest BCUT2D eigenvalue weighted by molar-refractivity contribution is 6.09. The zero-order valence-corrected chi connectivity index (χ0v) is 13.5. The van der Waals surface area contributed by atoms with Gasteiger partial charge in [-0.15, -0.1) is 0 Å². The number of hydrogen-bond donors (Lipinski definition) is 1. The van der Waals surface area contributed by atoms with E-state index in [1.165, 1.54) is 22.6 Å². The SMILES string of the molecule is CC(NC(=O)c1ccc2c3c(cccc13)CC2)c1ccccc1F. The molecule has 0 heterocycles. The van der Waals surface area contributed by atoms with Gasteiger partial charge in [0.25, 0.3) is 5.91 Å². The average Bonchev–Trinajstić information content (AvgIpc) is 3.00. The molecule has 1 atom stereocenters. The smallest absolute Gasteiger partial charge is 0.252 e. The second-order valence-corrected chi connectivity index (χ2v) is 6.33. The molecule has 3 aromatic carbocycles. The summed E-state index contributed by atoms with van der Waals surface area (Å²) in [4.78, 5) is 12.8. The fourth-order valence-corrected chi connectivity index (χ4v) is 3.62. The maximum Gasteiger partial charge on any atom is 0.252 e. The lowest BCUT2D eigenvalue weighted by molar-refractivity contribution is 0.0941. The maximum atomic E-state index is 13.9. The highest BCUT2D eigenvalue weighted by Gasteiger charge is 2.20. The number of carbonyl (C=O) groups is 1. The summed E-state index contributed by atoms with van der Waals surface area (Å²) in [5.74, 6) is -0.466. The van der Waals surface area contributed by atoms with Crippen LogP contribution in [0.3, 0.4) is 0 Å². The van der Waals surface area contributed by atoms with Crippen LogP contribution in [0.15, 0.2) is 54.6 Å². The summed E-state index contributed by atoms with van der Waals surface area (Å²) in [7, 11) is 0. The van der Waals surface area contributed by atoms with E-state index >= 15 is 0 Å². The minimum Gasteiger partial charge on any atom is -0.345 e. The van der Waals surface area contributed by atoms with Gasteiger partial charge in [-0.3, -0.25) is 4.79 Å². The summed E-state index contributed by atoms with van der Waals surface area (Å²) < 4.78 is 13.9. The van der Waals surface area contributed by atoms with Crippen LogP contribution >= 0.6 is 0 Å². The average molecular weight is 319 g/mol. The van der Waals surface area contributed by atoms with Crippen molar-refractivity contribution < 1.29 is 9.18 Å². The fourth-order valence-electron chi connectivity index (χ4n) is 3.62. The van der Waals surface area contributed by atoms with Gasteiger partial charge in [0.05, 0.1) is 6.04 Å². The molecule has 0 aliphatic heterocycles. The molecule has 0 radical (unpaired) electrons. The van der Waals surface area contributed by atoms with Crippen LogP contribution in [-0.2, 0) is 12.8 Å². The minimum atomic E-state index is -0.387. The molecule has 3 heteroatoms. The largest absolute Gasteiger partial charge is 0.345 e. The van der Waals surface area contributed by atoms with Gasteiger partial charge in [0.1, 0.15) is 5.82 Å². The molecule has 0 spiro atoms. The Bertz CT molecular complexity index is 937. The summed E-state index contributed by atoms with van der Waals surface area (Å²) in [6.07, 6.45) is 2.06. The number of carbonyl (C=O) groups excluding carboxylic acids is 1. The molecule has 1 unspecified atom stereocenters. The molecule has 1 amide bonds. The first-order valence-corrected chi connectivity index (χ1v) is 8.24. The number of halogens is 1. The molecular formula is C21H18FNO. The molecule has 0 fully saturated rings. The van der Waals surface area contributed by atoms with E-state index in [1.54, 1.807) is 25.1 Å². The third-order valence-corrected chi connectivity index (χ3v) is 4.84. The Labute approximate surface area is 140 Å². The summed E-state index contributed by atoms with van der Waals surface area (Å²) in [5, 5.41) is 5.12. The topological polar surface area (TPSA) is 29.1 Å². The van der Waals surface area contributed by atoms with E-state index in [2.05, 4.69) is 11.4 Å². The highest BCUT2D eigenvalue weighted by Crippen LogP contribution is 2.33. The van der Waals surface area contributed by atoms with Gasteiger partial charge in [0.15, 0.2) is 0 Å². The van der Waals surface area contributed by atoms with Gasteiger partial charge < -0.3 is 5.32 Å². The van der Waals surface area contributed by atoms with E-state index in [9.17, 15) is 9.18 Å². The first-order valence-electron chi connectivity index (χ1n) is 8.24. The molecule has 3 aromatic rings. The second kappa shape index (κ2) is 5.75. The predicted octanol–water partition coefficient (Wildman–Crippen LogP) is 4.57. The lowest BCUT2D eigenvalue weighted by atomic mass is 9.99. The molecule has 0 saturated carbocycles. The van der Waals surface area contributed by atoms with Crippen molar-refractivity contribution in [2.24, 2.45) is 0 Å². The molecule has 0 saturated heterocycles. The summed E-state index contributed by atoms with van der Waals surface area (Å²) in [6.45, 7) is 1.80. The first kappa shape index (κ1) is 14.9. The van der Waals surface area contributed by atoms with Crippen molar-refractivity contribution >= 4 is 16.7 Å². The quantitative estimate of drug-likeness (QED) is 0.753. The van der Waals surface area contributed by atoms with E-state index in [0.717, 1.165) is 18.2 Å². The molecule has 0 bridgehead atoms. The third-order valence-electron chi connectivity index (χ3n) is 4.84. The number of hydrogen-bond acceptors (Lipinski definition) is 1. The zero-order valence-electron chi connectivity index (χ0n) is 13.5. The Balaban J connectivity index is 1.69. The first-order chi connectivity index (χ1) is 11.6. The minimum absolute atomic E-state index is 0.165. The van der Waals surface area contributed by atoms with Crippen LogP contribution in [-0.4, -0.2) is 5.91 Å². The second-order valence-electron chi connectivity index (χ2n) is 6.33. The van der Waals surface area contributed by atoms with Crippen molar-refractivity contribution in [3.8, 4) is 0 Å². The molecule has 0 aromatic heterocycles. The van der Waals surface area contributed by atoms with Crippen LogP contribution in [0.25, 0.3) is 10.8 Å². The van der Waals surface area contributed by atoms with Gasteiger partial charge in [-0.05, 0) is 53.8 Å². The lowest BCUT2D eigenvalue weighted by Gasteiger charge is -2.16. The molecule has 24 heavy (non-hydrogen) atoms. The Morgan fingerprint density at radius 3 is 2.54 bits per heavy atom. The Morgan fingerprint density at radius 2 is 1.75 bits per heavy atom. The van der Waals surface area contributed by atoms with E-state index < -0.39 is 0 Å². The lowest BCUT2D eigenvalue weighted by Crippen LogP contribution is -2.27. The summed E-state index contributed by atoms with van der Waals surface area (Å²) in [5.41, 5.74) is 3.76. The maximum absolute atomic E-state index is 13.9. The van der Waals surface area contributed by atoms with Crippen LogP contribution in [0.2, 0.25) is 0 Å². The molecule has 4 rings (SSSR count). The van der Waals surface area contributed by atoms with Crippen molar-refractivity contribution in [1.29, 1.82) is 0 Å². The standard InChI is InChI=1S/C21H18FNO/c1-13(16-6-2-3-8-19(16)22)23-21(24)18-12-11-15-10-9-14-5-4-7-17(18)20(14)15/h2-8,11-13H,9-10H2,1H3,(H,23,24). The molecule has 1 aliphatic carbocycles. The van der Waals surface area contributed by atoms with E-state index in [0.29, 0.717) is 11.1 Å². The van der Waals surface area contributed by atoms with Crippen molar-refractivity contribution in [3.63, 3.8) is 0 Å². The van der Waals surface area contributed by atoms with E-state index in [-0.39, 0.29) is 17.8 Å². The van der Waals surface area contributed by atoms with Crippen LogP contribution in [0.1, 0.15) is 40.0 Å². The van der Waals surface area contributed by atoms with E-state index in [4.69, 9.17) is 0 Å². The number of aryl methyl sites for hydroxylation is 2. The van der Waals surface area contributed by atoms with Crippen LogP contribution in [0, 0.1) is 5.82 Å².